The largest absolute Gasteiger partial charge is 0.507 e. The van der Waals surface area contributed by atoms with Crippen LogP contribution in [0.15, 0.2) is 66.9 Å². The number of fused-ring (bicyclic) bond motifs is 1. The summed E-state index contributed by atoms with van der Waals surface area (Å²) in [5.74, 6) is -0.813. The fraction of sp³-hybridized carbons (Fsp3) is 0.0455. The molecule has 4 nitrogen and oxygen atoms in total. The summed E-state index contributed by atoms with van der Waals surface area (Å²) in [5, 5.41) is 14.3. The number of amides is 1. The molecule has 0 radical (unpaired) electrons. The highest BCUT2D eigenvalue weighted by molar-refractivity contribution is 5.91. The number of nitrogens with one attached hydrogen (secondary N) is 2. The van der Waals surface area contributed by atoms with Gasteiger partial charge < -0.3 is 15.4 Å². The maximum Gasteiger partial charge on any atom is 0.221 e. The number of H-pyrrole nitrogens is 1. The predicted molar refractivity (Wildman–Crippen MR) is 105 cm³/mol. The Morgan fingerprint density at radius 2 is 1.70 bits per heavy atom. The number of aromatic hydroxyl groups is 1. The van der Waals surface area contributed by atoms with Crippen LogP contribution in [0.25, 0.3) is 33.2 Å². The first-order valence-corrected chi connectivity index (χ1v) is 8.50. The molecule has 1 amide bonds. The highest BCUT2D eigenvalue weighted by Crippen LogP contribution is 2.39. The summed E-state index contributed by atoms with van der Waals surface area (Å²) in [6, 6.07) is 17.7. The van der Waals surface area contributed by atoms with Gasteiger partial charge in [0.1, 0.15) is 11.6 Å². The summed E-state index contributed by atoms with van der Waals surface area (Å²) in [7, 11) is 0. The fourth-order valence-electron chi connectivity index (χ4n) is 3.20. The number of benzene rings is 3. The van der Waals surface area contributed by atoms with Crippen molar-refractivity contribution in [3.63, 3.8) is 0 Å². The van der Waals surface area contributed by atoms with Crippen molar-refractivity contribution in [1.82, 2.24) is 4.98 Å². The third-order valence-corrected chi connectivity index (χ3v) is 4.49. The van der Waals surface area contributed by atoms with Crippen LogP contribution in [0.1, 0.15) is 6.92 Å². The topological polar surface area (TPSA) is 65.1 Å². The Labute approximate surface area is 155 Å². The molecule has 4 rings (SSSR count). The lowest BCUT2D eigenvalue weighted by atomic mass is 9.96. The molecule has 3 aromatic carbocycles. The van der Waals surface area contributed by atoms with E-state index in [1.54, 1.807) is 12.1 Å². The molecular weight excluding hydrogens is 343 g/mol. The zero-order chi connectivity index (χ0) is 19.0. The van der Waals surface area contributed by atoms with Gasteiger partial charge in [0.05, 0.1) is 5.69 Å². The first-order chi connectivity index (χ1) is 13.0. The Bertz CT molecular complexity index is 1160. The average Bonchev–Trinajstić information content (AvgIpc) is 3.11. The molecule has 0 aliphatic rings. The molecular formula is C22H17FN2O2. The lowest BCUT2D eigenvalue weighted by Gasteiger charge is -2.12. The van der Waals surface area contributed by atoms with Gasteiger partial charge in [0.2, 0.25) is 5.91 Å². The third kappa shape index (κ3) is 3.15. The molecule has 1 aromatic heterocycles. The van der Waals surface area contributed by atoms with Gasteiger partial charge in [-0.2, -0.15) is 0 Å². The van der Waals surface area contributed by atoms with Crippen molar-refractivity contribution >= 4 is 22.5 Å². The number of aromatic amines is 1. The fourth-order valence-corrected chi connectivity index (χ4v) is 3.20. The SMILES string of the molecule is CC(=O)Nc1ccc(-c2cccc(-c3ccc4[nH]ccc4c3)c2O)cc1F. The van der Waals surface area contributed by atoms with E-state index < -0.39 is 5.82 Å². The maximum absolute atomic E-state index is 14.3. The summed E-state index contributed by atoms with van der Waals surface area (Å²) < 4.78 is 14.3. The van der Waals surface area contributed by atoms with Crippen molar-refractivity contribution in [3.8, 4) is 28.0 Å². The van der Waals surface area contributed by atoms with Gasteiger partial charge in [-0.25, -0.2) is 4.39 Å². The number of rotatable bonds is 3. The molecule has 0 spiro atoms. The second-order valence-corrected chi connectivity index (χ2v) is 6.36. The molecule has 0 fully saturated rings. The van der Waals surface area contributed by atoms with Crippen LogP contribution in [-0.4, -0.2) is 16.0 Å². The first kappa shape index (κ1) is 16.8. The molecule has 3 N–H and O–H groups in total. The highest BCUT2D eigenvalue weighted by Gasteiger charge is 2.13. The van der Waals surface area contributed by atoms with Crippen molar-refractivity contribution in [2.45, 2.75) is 6.92 Å². The predicted octanol–water partition coefficient (Wildman–Crippen LogP) is 5.31. The molecule has 0 saturated heterocycles. The van der Waals surface area contributed by atoms with E-state index in [1.807, 2.05) is 42.6 Å². The summed E-state index contributed by atoms with van der Waals surface area (Å²) in [6.45, 7) is 1.32. The number of halogens is 1. The van der Waals surface area contributed by atoms with Gasteiger partial charge >= 0.3 is 0 Å². The van der Waals surface area contributed by atoms with E-state index in [0.29, 0.717) is 16.7 Å². The van der Waals surface area contributed by atoms with Crippen molar-refractivity contribution in [3.05, 3.63) is 72.7 Å². The number of para-hydroxylation sites is 1. The Morgan fingerprint density at radius 1 is 1.00 bits per heavy atom. The van der Waals surface area contributed by atoms with Crippen molar-refractivity contribution in [2.24, 2.45) is 0 Å². The second kappa shape index (κ2) is 6.61. The number of phenolic OH excluding ortho intramolecular Hbond substituents is 1. The molecule has 134 valence electrons. The molecule has 0 aliphatic heterocycles. The number of phenols is 1. The van der Waals surface area contributed by atoms with Crippen LogP contribution in [0, 0.1) is 5.82 Å². The molecule has 5 heteroatoms. The van der Waals surface area contributed by atoms with Crippen molar-refractivity contribution in [1.29, 1.82) is 0 Å². The molecule has 4 aromatic rings. The third-order valence-electron chi connectivity index (χ3n) is 4.49. The van der Waals surface area contributed by atoms with Gasteiger partial charge in [-0.15, -0.1) is 0 Å². The van der Waals surface area contributed by atoms with Gasteiger partial charge in [0.15, 0.2) is 0 Å². The van der Waals surface area contributed by atoms with Crippen LogP contribution in [0.4, 0.5) is 10.1 Å². The summed E-state index contributed by atoms with van der Waals surface area (Å²) in [4.78, 5) is 14.3. The van der Waals surface area contributed by atoms with Crippen LogP contribution < -0.4 is 5.32 Å². The zero-order valence-electron chi connectivity index (χ0n) is 14.6. The quantitative estimate of drug-likeness (QED) is 0.464. The monoisotopic (exact) mass is 360 g/mol. The van der Waals surface area contributed by atoms with E-state index in [4.69, 9.17) is 0 Å². The van der Waals surface area contributed by atoms with Crippen LogP contribution in [-0.2, 0) is 4.79 Å². The van der Waals surface area contributed by atoms with Crippen molar-refractivity contribution in [2.75, 3.05) is 5.32 Å². The minimum absolute atomic E-state index is 0.0825. The van der Waals surface area contributed by atoms with Crippen LogP contribution in [0.3, 0.4) is 0 Å². The minimum Gasteiger partial charge on any atom is -0.507 e. The summed E-state index contributed by atoms with van der Waals surface area (Å²) >= 11 is 0. The molecule has 0 bridgehead atoms. The molecule has 0 aliphatic carbocycles. The second-order valence-electron chi connectivity index (χ2n) is 6.36. The average molecular weight is 360 g/mol. The van der Waals surface area contributed by atoms with Crippen LogP contribution in [0.2, 0.25) is 0 Å². The number of carbonyl (C=O) groups is 1. The zero-order valence-corrected chi connectivity index (χ0v) is 14.6. The van der Waals surface area contributed by atoms with Gasteiger partial charge in [0.25, 0.3) is 0 Å². The van der Waals surface area contributed by atoms with E-state index in [9.17, 15) is 14.3 Å². The number of hydrogen-bond donors (Lipinski definition) is 3. The Hall–Kier alpha value is -3.60. The van der Waals surface area contributed by atoms with Crippen molar-refractivity contribution < 1.29 is 14.3 Å². The number of anilines is 1. The van der Waals surface area contributed by atoms with Gasteiger partial charge in [-0.05, 0) is 46.8 Å². The Morgan fingerprint density at radius 3 is 2.41 bits per heavy atom. The van der Waals surface area contributed by atoms with Crippen LogP contribution in [0.5, 0.6) is 5.75 Å². The minimum atomic E-state index is -0.554. The normalized spacial score (nSPS) is 10.9. The maximum atomic E-state index is 14.3. The lowest BCUT2D eigenvalue weighted by molar-refractivity contribution is -0.114. The molecule has 0 atom stereocenters. The van der Waals surface area contributed by atoms with E-state index >= 15 is 0 Å². The molecule has 27 heavy (non-hydrogen) atoms. The smallest absolute Gasteiger partial charge is 0.221 e. The Balaban J connectivity index is 1.78. The van der Waals surface area contributed by atoms with E-state index in [0.717, 1.165) is 16.5 Å². The van der Waals surface area contributed by atoms with Gasteiger partial charge in [-0.1, -0.05) is 30.3 Å². The first-order valence-electron chi connectivity index (χ1n) is 8.50. The summed E-state index contributed by atoms with van der Waals surface area (Å²) in [5.41, 5.74) is 3.72. The number of hydrogen-bond acceptors (Lipinski definition) is 2. The molecule has 1 heterocycles. The molecule has 0 unspecified atom stereocenters. The molecule has 0 saturated carbocycles. The van der Waals surface area contributed by atoms with Gasteiger partial charge in [0, 0.05) is 29.8 Å². The van der Waals surface area contributed by atoms with E-state index in [2.05, 4.69) is 10.3 Å². The highest BCUT2D eigenvalue weighted by atomic mass is 19.1. The summed E-state index contributed by atoms with van der Waals surface area (Å²) in [6.07, 6.45) is 1.87. The van der Waals surface area contributed by atoms with Gasteiger partial charge in [-0.3, -0.25) is 4.79 Å². The van der Waals surface area contributed by atoms with Crippen LogP contribution >= 0.6 is 0 Å². The standard InChI is InChI=1S/C22H17FN2O2/c1-13(26)25-21-8-6-15(12-19(21)23)18-4-2-3-17(22(18)27)14-5-7-20-16(11-14)9-10-24-20/h2-12,24,27H,1H3,(H,25,26). The number of aromatic nitrogens is 1. The Kier molecular flexibility index (Phi) is 4.12. The lowest BCUT2D eigenvalue weighted by Crippen LogP contribution is -2.07. The van der Waals surface area contributed by atoms with E-state index in [-0.39, 0.29) is 17.3 Å². The van der Waals surface area contributed by atoms with E-state index in [1.165, 1.54) is 19.1 Å². The number of carbonyl (C=O) groups excluding carboxylic acids is 1.